The Morgan fingerprint density at radius 1 is 0.778 bits per heavy atom. The molecule has 0 aromatic heterocycles. The van der Waals surface area contributed by atoms with E-state index in [1.807, 2.05) is 0 Å². The van der Waals surface area contributed by atoms with Crippen LogP contribution in [-0.4, -0.2) is 83.9 Å². The first kappa shape index (κ1) is 23.0. The van der Waals surface area contributed by atoms with E-state index < -0.39 is 47.0 Å². The van der Waals surface area contributed by atoms with E-state index in [0.29, 0.717) is 0 Å². The molecule has 0 radical (unpaired) electrons. The van der Waals surface area contributed by atoms with Crippen LogP contribution in [0.2, 0.25) is 0 Å². The summed E-state index contributed by atoms with van der Waals surface area (Å²) >= 11 is 0. The highest BCUT2D eigenvalue weighted by atomic mass is 31.2. The third kappa shape index (κ3) is 24.9. The lowest BCUT2D eigenvalue weighted by atomic mass is 9.93. The summed E-state index contributed by atoms with van der Waals surface area (Å²) in [6.45, 7) is -1.62. The van der Waals surface area contributed by atoms with Gasteiger partial charge in [-0.3, -0.25) is 0 Å². The molecule has 18 heavy (non-hydrogen) atoms. The molecule has 10 N–H and O–H groups in total. The molecular weight excluding hydrogens is 278 g/mol. The van der Waals surface area contributed by atoms with Crippen LogP contribution in [0.15, 0.2) is 0 Å². The summed E-state index contributed by atoms with van der Waals surface area (Å²) in [5.41, 5.74) is -1.11. The third-order valence-corrected chi connectivity index (χ3v) is 1.34. The zero-order chi connectivity index (χ0) is 15.4. The van der Waals surface area contributed by atoms with Gasteiger partial charge in [-0.05, 0) is 0 Å². The number of rotatable bonds is 4. The molecule has 0 aliphatic rings. The van der Waals surface area contributed by atoms with Crippen molar-refractivity contribution in [2.45, 2.75) is 0 Å². The van der Waals surface area contributed by atoms with Crippen molar-refractivity contribution in [2.24, 2.45) is 5.41 Å². The van der Waals surface area contributed by atoms with Gasteiger partial charge in [0.1, 0.15) is 0 Å². The highest BCUT2D eigenvalue weighted by Gasteiger charge is 2.26. The Morgan fingerprint density at radius 2 is 0.889 bits per heavy atom. The molecule has 0 bridgehead atoms. The second-order valence-electron chi connectivity index (χ2n) is 2.99. The molecule has 0 aliphatic carbocycles. The second-order valence-corrected chi connectivity index (χ2v) is 4.02. The van der Waals surface area contributed by atoms with Crippen LogP contribution >= 0.6 is 7.82 Å². The van der Waals surface area contributed by atoms with Crippen molar-refractivity contribution >= 4 is 15.1 Å². The van der Waals surface area contributed by atoms with Gasteiger partial charge in [0, 0.05) is 0 Å². The Hall–Kier alpha value is -0.105. The van der Waals surface area contributed by atoms with E-state index >= 15 is 0 Å². The van der Waals surface area contributed by atoms with Gasteiger partial charge in [0.05, 0.1) is 31.8 Å². The number of phosphoric acid groups is 1. The fraction of sp³-hybridized carbons (Fsp3) is 1.00. The lowest BCUT2D eigenvalue weighted by Crippen LogP contribution is -2.37. The summed E-state index contributed by atoms with van der Waals surface area (Å²) in [4.78, 5) is 21.6. The van der Waals surface area contributed by atoms with Gasteiger partial charge < -0.3 is 50.2 Å². The lowest BCUT2D eigenvalue weighted by molar-refractivity contribution is -0.0328. The first-order chi connectivity index (χ1) is 7.97. The molecule has 0 saturated heterocycles. The molecule has 0 fully saturated rings. The highest BCUT2D eigenvalue weighted by molar-refractivity contribution is 7.45. The minimum atomic E-state index is -4.64. The van der Waals surface area contributed by atoms with Crippen LogP contribution in [0.3, 0.4) is 0 Å². The molecular formula is C5H18BO11P. The number of aliphatic hydroxyl groups is 4. The maximum atomic E-state index is 8.88. The van der Waals surface area contributed by atoms with E-state index in [9.17, 15) is 0 Å². The van der Waals surface area contributed by atoms with Crippen molar-refractivity contribution in [3.05, 3.63) is 0 Å². The van der Waals surface area contributed by atoms with Crippen molar-refractivity contribution in [1.29, 1.82) is 0 Å². The van der Waals surface area contributed by atoms with Crippen molar-refractivity contribution < 1.29 is 54.7 Å². The number of aliphatic hydroxyl groups excluding tert-OH is 4. The SMILES string of the molecule is O=P(O)(O)O.OB(O)O.OCC(CO)(CO)CO. The maximum absolute atomic E-state index is 8.88. The smallest absolute Gasteiger partial charge is 0.402 e. The topological polar surface area (TPSA) is 219 Å². The van der Waals surface area contributed by atoms with Crippen LogP contribution in [0, 0.1) is 5.41 Å². The van der Waals surface area contributed by atoms with Crippen molar-refractivity contribution in [2.75, 3.05) is 26.4 Å². The van der Waals surface area contributed by atoms with E-state index in [1.165, 1.54) is 0 Å². The van der Waals surface area contributed by atoms with Crippen LogP contribution in [-0.2, 0) is 4.57 Å². The van der Waals surface area contributed by atoms with Gasteiger partial charge in [0.2, 0.25) is 0 Å². The van der Waals surface area contributed by atoms with Gasteiger partial charge in [-0.1, -0.05) is 0 Å². The molecule has 0 rings (SSSR count). The van der Waals surface area contributed by atoms with Crippen LogP contribution in [0.4, 0.5) is 0 Å². The molecule has 0 amide bonds. The summed E-state index contributed by atoms with van der Waals surface area (Å²) in [6.07, 6.45) is 0. The maximum Gasteiger partial charge on any atom is 0.631 e. The summed E-state index contributed by atoms with van der Waals surface area (Å²) in [7, 11) is -6.81. The monoisotopic (exact) mass is 296 g/mol. The normalized spacial score (nSPS) is 10.8. The van der Waals surface area contributed by atoms with E-state index in [4.69, 9.17) is 54.7 Å². The number of hydrogen-bond acceptors (Lipinski definition) is 8. The minimum absolute atomic E-state index is 0.406. The number of hydrogen-bond donors (Lipinski definition) is 10. The van der Waals surface area contributed by atoms with Gasteiger partial charge in [0.15, 0.2) is 0 Å². The third-order valence-electron chi connectivity index (χ3n) is 1.34. The quantitative estimate of drug-likeness (QED) is 0.175. The Kier molecular flexibility index (Phi) is 15.3. The van der Waals surface area contributed by atoms with Crippen LogP contribution < -0.4 is 0 Å². The predicted molar refractivity (Wildman–Crippen MR) is 57.4 cm³/mol. The van der Waals surface area contributed by atoms with Crippen molar-refractivity contribution in [3.8, 4) is 0 Å². The first-order valence-corrected chi connectivity index (χ1v) is 5.80. The van der Waals surface area contributed by atoms with E-state index in [2.05, 4.69) is 0 Å². The van der Waals surface area contributed by atoms with Gasteiger partial charge >= 0.3 is 15.1 Å². The first-order valence-electron chi connectivity index (χ1n) is 4.24. The molecule has 0 aliphatic heterocycles. The zero-order valence-electron chi connectivity index (χ0n) is 9.23. The average molecular weight is 296 g/mol. The van der Waals surface area contributed by atoms with E-state index in [-0.39, 0.29) is 0 Å². The van der Waals surface area contributed by atoms with Crippen molar-refractivity contribution in [3.63, 3.8) is 0 Å². The molecule has 13 heteroatoms. The molecule has 0 saturated carbocycles. The van der Waals surface area contributed by atoms with Gasteiger partial charge in [0.25, 0.3) is 0 Å². The zero-order valence-corrected chi connectivity index (χ0v) is 10.1. The Bertz CT molecular complexity index is 185. The summed E-state index contributed by atoms with van der Waals surface area (Å²) in [5, 5.41) is 55.5. The fourth-order valence-corrected chi connectivity index (χ4v) is 0.300. The summed E-state index contributed by atoms with van der Waals surface area (Å²) < 4.78 is 8.88. The van der Waals surface area contributed by atoms with Gasteiger partial charge in [-0.25, -0.2) is 4.57 Å². The van der Waals surface area contributed by atoms with Gasteiger partial charge in [-0.15, -0.1) is 0 Å². The molecule has 0 unspecified atom stereocenters. The van der Waals surface area contributed by atoms with E-state index in [1.54, 1.807) is 0 Å². The Labute approximate surface area is 103 Å². The van der Waals surface area contributed by atoms with E-state index in [0.717, 1.165) is 0 Å². The Morgan fingerprint density at radius 3 is 0.889 bits per heavy atom. The summed E-state index contributed by atoms with van der Waals surface area (Å²) in [5.74, 6) is 0. The molecule has 11 nitrogen and oxygen atoms in total. The molecule has 0 heterocycles. The minimum Gasteiger partial charge on any atom is -0.402 e. The molecule has 0 aromatic rings. The van der Waals surface area contributed by atoms with Crippen molar-refractivity contribution in [1.82, 2.24) is 0 Å². The standard InChI is InChI=1S/C5H12O4.BH3O3.H3O4P/c6-1-5(2-7,3-8)4-9;2-1(3)4;1-5(2,3)4/h6-9H,1-4H2;2-4H;(H3,1,2,3,4). The molecule has 112 valence electrons. The largest absolute Gasteiger partial charge is 0.631 e. The predicted octanol–water partition coefficient (Wildman–Crippen LogP) is -5.04. The molecule has 0 atom stereocenters. The summed E-state index contributed by atoms with van der Waals surface area (Å²) in [6, 6.07) is 0. The second kappa shape index (κ2) is 12.0. The lowest BCUT2D eigenvalue weighted by Gasteiger charge is -2.23. The highest BCUT2D eigenvalue weighted by Crippen LogP contribution is 2.25. The fourth-order valence-electron chi connectivity index (χ4n) is 0.300. The average Bonchev–Trinajstić information content (AvgIpc) is 2.19. The van der Waals surface area contributed by atoms with Gasteiger partial charge in [-0.2, -0.15) is 0 Å². The van der Waals surface area contributed by atoms with Crippen LogP contribution in [0.5, 0.6) is 0 Å². The molecule has 0 spiro atoms. The Balaban J connectivity index is -0.000000212. The van der Waals surface area contributed by atoms with Crippen LogP contribution in [0.25, 0.3) is 0 Å². The molecule has 0 aromatic carbocycles. The van der Waals surface area contributed by atoms with Crippen LogP contribution in [0.1, 0.15) is 0 Å².